The van der Waals surface area contributed by atoms with Gasteiger partial charge in [0, 0.05) is 6.42 Å². The Bertz CT molecular complexity index is 473. The van der Waals surface area contributed by atoms with Crippen LogP contribution >= 0.6 is 0 Å². The van der Waals surface area contributed by atoms with Crippen LogP contribution in [0, 0.1) is 5.82 Å². The Hall–Kier alpha value is -1.58. The molecule has 17 heavy (non-hydrogen) atoms. The third kappa shape index (κ3) is 1.99. The molecule has 1 aliphatic heterocycles. The fourth-order valence-corrected chi connectivity index (χ4v) is 2.44. The number of benzene rings is 1. The number of hydrogen-bond donors (Lipinski definition) is 1. The summed E-state index contributed by atoms with van der Waals surface area (Å²) in [6.45, 7) is 4.03. The predicted molar refractivity (Wildman–Crippen MR) is 62.6 cm³/mol. The van der Waals surface area contributed by atoms with Crippen molar-refractivity contribution < 1.29 is 13.9 Å². The molecular formula is C13H16FNO2. The summed E-state index contributed by atoms with van der Waals surface area (Å²) in [6.07, 6.45) is 2.52. The topological polar surface area (TPSA) is 52.3 Å². The molecule has 0 saturated carbocycles. The number of carbonyl (C=O) groups is 1. The summed E-state index contributed by atoms with van der Waals surface area (Å²) in [4.78, 5) is 11.3. The van der Waals surface area contributed by atoms with E-state index in [0.717, 1.165) is 18.4 Å². The van der Waals surface area contributed by atoms with Gasteiger partial charge in [-0.15, -0.1) is 0 Å². The van der Waals surface area contributed by atoms with Crippen LogP contribution in [-0.2, 0) is 6.42 Å². The lowest BCUT2D eigenvalue weighted by atomic mass is 9.94. The van der Waals surface area contributed by atoms with Gasteiger partial charge >= 0.3 is 0 Å². The van der Waals surface area contributed by atoms with Crippen LogP contribution in [0.3, 0.4) is 0 Å². The first kappa shape index (κ1) is 11.9. The fourth-order valence-electron chi connectivity index (χ4n) is 2.44. The number of ether oxygens (including phenoxy) is 1. The smallest absolute Gasteiger partial charge is 0.255 e. The average Bonchev–Trinajstić information content (AvgIpc) is 2.53. The Morgan fingerprint density at radius 3 is 2.88 bits per heavy atom. The number of fused-ring (bicyclic) bond motifs is 1. The van der Waals surface area contributed by atoms with Crippen molar-refractivity contribution in [3.8, 4) is 5.75 Å². The molecule has 1 aromatic rings. The molecule has 0 radical (unpaired) electrons. The molecule has 4 heteroatoms. The molecule has 2 N–H and O–H groups in total. The van der Waals surface area contributed by atoms with E-state index in [1.165, 1.54) is 6.07 Å². The van der Waals surface area contributed by atoms with Crippen LogP contribution in [0.1, 0.15) is 42.6 Å². The van der Waals surface area contributed by atoms with Gasteiger partial charge < -0.3 is 10.5 Å². The molecule has 0 aliphatic carbocycles. The standard InChI is InChI=1S/C13H16FNO2/c1-3-6-13(2)7-8-4-5-9(14)10(12(15)16)11(8)17-13/h4-5H,3,6-7H2,1-2H3,(H2,15,16). The van der Waals surface area contributed by atoms with Gasteiger partial charge in [0.15, 0.2) is 0 Å². The predicted octanol–water partition coefficient (Wildman–Crippen LogP) is 2.42. The first-order valence-corrected chi connectivity index (χ1v) is 5.77. The number of nitrogens with two attached hydrogens (primary N) is 1. The molecule has 0 saturated heterocycles. The van der Waals surface area contributed by atoms with Gasteiger partial charge in [-0.05, 0) is 25.0 Å². The van der Waals surface area contributed by atoms with Gasteiger partial charge in [-0.3, -0.25) is 4.79 Å². The SMILES string of the molecule is CCCC1(C)Cc2ccc(F)c(C(N)=O)c2O1. The van der Waals surface area contributed by atoms with E-state index in [0.29, 0.717) is 12.2 Å². The van der Waals surface area contributed by atoms with Gasteiger partial charge in [0.1, 0.15) is 22.7 Å². The maximum atomic E-state index is 13.6. The molecule has 0 bridgehead atoms. The molecule has 1 aromatic carbocycles. The Morgan fingerprint density at radius 1 is 1.59 bits per heavy atom. The summed E-state index contributed by atoms with van der Waals surface area (Å²) < 4.78 is 19.3. The molecule has 0 aromatic heterocycles. The van der Waals surface area contributed by atoms with Crippen LogP contribution in [0.2, 0.25) is 0 Å². The second-order valence-corrected chi connectivity index (χ2v) is 4.75. The number of halogens is 1. The van der Waals surface area contributed by atoms with Crippen molar-refractivity contribution in [1.29, 1.82) is 0 Å². The van der Waals surface area contributed by atoms with Gasteiger partial charge in [0.05, 0.1) is 0 Å². The zero-order valence-corrected chi connectivity index (χ0v) is 10.0. The zero-order valence-electron chi connectivity index (χ0n) is 10.0. The number of amides is 1. The van der Waals surface area contributed by atoms with Crippen molar-refractivity contribution in [3.63, 3.8) is 0 Å². The molecule has 1 amide bonds. The van der Waals surface area contributed by atoms with E-state index in [1.807, 2.05) is 6.92 Å². The maximum absolute atomic E-state index is 13.6. The van der Waals surface area contributed by atoms with Gasteiger partial charge in [-0.25, -0.2) is 4.39 Å². The lowest BCUT2D eigenvalue weighted by Crippen LogP contribution is -2.30. The number of primary amides is 1. The summed E-state index contributed by atoms with van der Waals surface area (Å²) in [6, 6.07) is 2.94. The molecule has 1 atom stereocenters. The Labute approximate surface area is 99.8 Å². The maximum Gasteiger partial charge on any atom is 0.255 e. The summed E-state index contributed by atoms with van der Waals surface area (Å²) in [5.74, 6) is -1.06. The summed E-state index contributed by atoms with van der Waals surface area (Å²) in [5, 5.41) is 0. The summed E-state index contributed by atoms with van der Waals surface area (Å²) in [7, 11) is 0. The first-order valence-electron chi connectivity index (χ1n) is 5.77. The molecule has 3 nitrogen and oxygen atoms in total. The Morgan fingerprint density at radius 2 is 2.29 bits per heavy atom. The molecule has 0 fully saturated rings. The van der Waals surface area contributed by atoms with E-state index in [2.05, 4.69) is 6.92 Å². The molecule has 92 valence electrons. The van der Waals surface area contributed by atoms with Crippen molar-refractivity contribution >= 4 is 5.91 Å². The van der Waals surface area contributed by atoms with Crippen LogP contribution in [0.25, 0.3) is 0 Å². The van der Waals surface area contributed by atoms with Crippen LogP contribution in [-0.4, -0.2) is 11.5 Å². The highest BCUT2D eigenvalue weighted by Gasteiger charge is 2.37. The monoisotopic (exact) mass is 237 g/mol. The molecule has 1 unspecified atom stereocenters. The molecule has 1 aliphatic rings. The number of carbonyl (C=O) groups excluding carboxylic acids is 1. The normalized spacial score (nSPS) is 22.1. The van der Waals surface area contributed by atoms with E-state index < -0.39 is 11.7 Å². The second-order valence-electron chi connectivity index (χ2n) is 4.75. The van der Waals surface area contributed by atoms with E-state index in [9.17, 15) is 9.18 Å². The highest BCUT2D eigenvalue weighted by Crippen LogP contribution is 2.40. The average molecular weight is 237 g/mol. The van der Waals surface area contributed by atoms with E-state index >= 15 is 0 Å². The van der Waals surface area contributed by atoms with Crippen molar-refractivity contribution in [2.75, 3.05) is 0 Å². The van der Waals surface area contributed by atoms with Crippen molar-refractivity contribution in [1.82, 2.24) is 0 Å². The van der Waals surface area contributed by atoms with Crippen LogP contribution in [0.5, 0.6) is 5.75 Å². The third-order valence-electron chi connectivity index (χ3n) is 3.13. The number of hydrogen-bond acceptors (Lipinski definition) is 2. The summed E-state index contributed by atoms with van der Waals surface area (Å²) >= 11 is 0. The Balaban J connectivity index is 2.45. The molecular weight excluding hydrogens is 221 g/mol. The fraction of sp³-hybridized carbons (Fsp3) is 0.462. The lowest BCUT2D eigenvalue weighted by Gasteiger charge is -2.23. The summed E-state index contributed by atoms with van der Waals surface area (Å²) in [5.41, 5.74) is 5.57. The zero-order chi connectivity index (χ0) is 12.6. The Kier molecular flexibility index (Phi) is 2.81. The lowest BCUT2D eigenvalue weighted by molar-refractivity contribution is 0.0940. The third-order valence-corrected chi connectivity index (χ3v) is 3.13. The number of rotatable bonds is 3. The highest BCUT2D eigenvalue weighted by molar-refractivity contribution is 5.96. The largest absolute Gasteiger partial charge is 0.486 e. The second kappa shape index (κ2) is 4.02. The van der Waals surface area contributed by atoms with E-state index in [1.54, 1.807) is 6.07 Å². The minimum absolute atomic E-state index is 0.123. The first-order chi connectivity index (χ1) is 7.97. The molecule has 1 heterocycles. The van der Waals surface area contributed by atoms with Crippen molar-refractivity contribution in [2.45, 2.75) is 38.7 Å². The van der Waals surface area contributed by atoms with Crippen molar-refractivity contribution in [3.05, 3.63) is 29.1 Å². The minimum atomic E-state index is -0.778. The van der Waals surface area contributed by atoms with Crippen LogP contribution in [0.15, 0.2) is 12.1 Å². The van der Waals surface area contributed by atoms with Crippen LogP contribution in [0.4, 0.5) is 4.39 Å². The van der Waals surface area contributed by atoms with E-state index in [4.69, 9.17) is 10.5 Å². The van der Waals surface area contributed by atoms with Crippen LogP contribution < -0.4 is 10.5 Å². The van der Waals surface area contributed by atoms with Gasteiger partial charge in [0.25, 0.3) is 5.91 Å². The molecule has 2 rings (SSSR count). The van der Waals surface area contributed by atoms with Gasteiger partial charge in [-0.1, -0.05) is 19.4 Å². The molecule has 0 spiro atoms. The minimum Gasteiger partial charge on any atom is -0.486 e. The van der Waals surface area contributed by atoms with Crippen molar-refractivity contribution in [2.24, 2.45) is 5.73 Å². The van der Waals surface area contributed by atoms with Gasteiger partial charge in [-0.2, -0.15) is 0 Å². The highest BCUT2D eigenvalue weighted by atomic mass is 19.1. The van der Waals surface area contributed by atoms with E-state index in [-0.39, 0.29) is 11.2 Å². The quantitative estimate of drug-likeness (QED) is 0.877. The van der Waals surface area contributed by atoms with Gasteiger partial charge in [0.2, 0.25) is 0 Å².